The predicted octanol–water partition coefficient (Wildman–Crippen LogP) is 3.56. The molecular formula is C24H28N4O3S. The molecule has 5 rings (SSSR count). The second-order valence-electron chi connectivity index (χ2n) is 8.98. The van der Waals surface area contributed by atoms with Crippen LogP contribution in [0.2, 0.25) is 0 Å². The highest BCUT2D eigenvalue weighted by atomic mass is 32.1. The number of carbonyl (C=O) groups excluding carboxylic acids is 3. The largest absolute Gasteiger partial charge is 0.370 e. The normalized spacial score (nSPS) is 23.6. The quantitative estimate of drug-likeness (QED) is 0.664. The van der Waals surface area contributed by atoms with Gasteiger partial charge in [0.15, 0.2) is 0 Å². The number of likely N-dealkylation sites (tertiary alicyclic amines) is 1. The van der Waals surface area contributed by atoms with Crippen LogP contribution in [-0.4, -0.2) is 58.2 Å². The molecule has 1 aromatic heterocycles. The van der Waals surface area contributed by atoms with Gasteiger partial charge < -0.3 is 9.80 Å². The van der Waals surface area contributed by atoms with E-state index in [1.807, 2.05) is 17.5 Å². The van der Waals surface area contributed by atoms with Crippen molar-refractivity contribution in [1.29, 1.82) is 0 Å². The zero-order valence-corrected chi connectivity index (χ0v) is 19.1. The van der Waals surface area contributed by atoms with Gasteiger partial charge in [0.05, 0.1) is 29.3 Å². The molecule has 8 heteroatoms. The lowest BCUT2D eigenvalue weighted by Gasteiger charge is -2.40. The van der Waals surface area contributed by atoms with Gasteiger partial charge in [-0.3, -0.25) is 19.3 Å². The van der Waals surface area contributed by atoms with Gasteiger partial charge in [0.2, 0.25) is 5.91 Å². The van der Waals surface area contributed by atoms with Crippen LogP contribution in [0.15, 0.2) is 29.8 Å². The molecule has 0 aliphatic carbocycles. The van der Waals surface area contributed by atoms with E-state index in [2.05, 4.69) is 21.7 Å². The van der Waals surface area contributed by atoms with Crippen LogP contribution in [0.5, 0.6) is 0 Å². The van der Waals surface area contributed by atoms with Crippen molar-refractivity contribution >= 4 is 34.7 Å². The average molecular weight is 453 g/mol. The first-order valence-electron chi connectivity index (χ1n) is 11.5. The van der Waals surface area contributed by atoms with Crippen molar-refractivity contribution in [3.05, 3.63) is 45.9 Å². The molecule has 0 spiro atoms. The topological polar surface area (TPSA) is 73.8 Å². The lowest BCUT2D eigenvalue weighted by atomic mass is 9.93. The minimum atomic E-state index is -0.270. The van der Waals surface area contributed by atoms with Crippen LogP contribution >= 0.6 is 11.3 Å². The molecule has 0 saturated carbocycles. The molecule has 2 fully saturated rings. The minimum absolute atomic E-state index is 0.0706. The smallest absolute Gasteiger partial charge is 0.264 e. The summed E-state index contributed by atoms with van der Waals surface area (Å²) in [7, 11) is 0. The standard InChI is InChI=1S/C24H28N4O3S/c1-16-6-2-3-12-27(16)22(29)17-7-5-11-26(14-17)19-9-4-8-18-21(19)24(31)28(23(18)30)15-20-25-10-13-32-20/h4,8-10,13,16-17H,2-3,5-7,11-12,14-15H2,1H3/t16-,17-/m0/s1. The molecule has 2 aromatic rings. The number of amides is 3. The molecular weight excluding hydrogens is 424 g/mol. The number of hydrogen-bond acceptors (Lipinski definition) is 6. The van der Waals surface area contributed by atoms with E-state index in [0.29, 0.717) is 23.7 Å². The molecule has 32 heavy (non-hydrogen) atoms. The van der Waals surface area contributed by atoms with Crippen LogP contribution in [0.3, 0.4) is 0 Å². The number of fused-ring (bicyclic) bond motifs is 1. The summed E-state index contributed by atoms with van der Waals surface area (Å²) in [5, 5.41) is 2.58. The summed E-state index contributed by atoms with van der Waals surface area (Å²) in [5.74, 6) is -0.371. The number of aromatic nitrogens is 1. The zero-order valence-electron chi connectivity index (χ0n) is 18.3. The number of rotatable bonds is 4. The first-order chi connectivity index (χ1) is 15.5. The molecule has 0 unspecified atom stereocenters. The Kier molecular flexibility index (Phi) is 5.71. The average Bonchev–Trinajstić information content (AvgIpc) is 3.42. The van der Waals surface area contributed by atoms with Crippen molar-refractivity contribution < 1.29 is 14.4 Å². The fourth-order valence-corrected chi connectivity index (χ4v) is 5.85. The zero-order chi connectivity index (χ0) is 22.2. The molecule has 3 aliphatic rings. The predicted molar refractivity (Wildman–Crippen MR) is 123 cm³/mol. The van der Waals surface area contributed by atoms with Gasteiger partial charge in [0, 0.05) is 37.3 Å². The Labute approximate surface area is 192 Å². The van der Waals surface area contributed by atoms with Crippen molar-refractivity contribution in [2.45, 2.75) is 51.6 Å². The summed E-state index contributed by atoms with van der Waals surface area (Å²) >= 11 is 1.43. The monoisotopic (exact) mass is 452 g/mol. The minimum Gasteiger partial charge on any atom is -0.370 e. The molecule has 4 heterocycles. The molecule has 168 valence electrons. The van der Waals surface area contributed by atoms with Crippen LogP contribution < -0.4 is 4.90 Å². The van der Waals surface area contributed by atoms with Crippen molar-refractivity contribution in [3.63, 3.8) is 0 Å². The van der Waals surface area contributed by atoms with Gasteiger partial charge in [-0.1, -0.05) is 6.07 Å². The number of piperidine rings is 2. The molecule has 0 N–H and O–H groups in total. The Balaban J connectivity index is 1.38. The van der Waals surface area contributed by atoms with E-state index in [9.17, 15) is 14.4 Å². The second kappa shape index (κ2) is 8.65. The third-order valence-electron chi connectivity index (χ3n) is 6.95. The lowest BCUT2D eigenvalue weighted by Crippen LogP contribution is -2.49. The van der Waals surface area contributed by atoms with Crippen LogP contribution in [0.1, 0.15) is 64.8 Å². The summed E-state index contributed by atoms with van der Waals surface area (Å²) in [6.07, 6.45) is 6.78. The Morgan fingerprint density at radius 3 is 2.78 bits per heavy atom. The van der Waals surface area contributed by atoms with E-state index >= 15 is 0 Å². The van der Waals surface area contributed by atoms with Crippen molar-refractivity contribution in [1.82, 2.24) is 14.8 Å². The van der Waals surface area contributed by atoms with E-state index in [1.165, 1.54) is 22.7 Å². The maximum atomic E-state index is 13.3. The van der Waals surface area contributed by atoms with Gasteiger partial charge in [-0.2, -0.15) is 0 Å². The first-order valence-corrected chi connectivity index (χ1v) is 12.4. The molecule has 7 nitrogen and oxygen atoms in total. The SMILES string of the molecule is C[C@H]1CCCCN1C(=O)[C@H]1CCCN(c2cccc3c2C(=O)N(Cc2nccs2)C3=O)C1. The van der Waals surface area contributed by atoms with Crippen LogP contribution in [-0.2, 0) is 11.3 Å². The van der Waals surface area contributed by atoms with Gasteiger partial charge in [0.25, 0.3) is 11.8 Å². The Morgan fingerprint density at radius 2 is 2.00 bits per heavy atom. The van der Waals surface area contributed by atoms with Gasteiger partial charge in [-0.05, 0) is 51.2 Å². The Hall–Kier alpha value is -2.74. The Morgan fingerprint density at radius 1 is 1.12 bits per heavy atom. The van der Waals surface area contributed by atoms with E-state index in [-0.39, 0.29) is 30.2 Å². The molecule has 0 bridgehead atoms. The van der Waals surface area contributed by atoms with Crippen molar-refractivity contribution in [2.24, 2.45) is 5.92 Å². The van der Waals surface area contributed by atoms with E-state index in [0.717, 1.165) is 49.5 Å². The second-order valence-corrected chi connectivity index (χ2v) is 9.96. The van der Waals surface area contributed by atoms with Crippen LogP contribution in [0.4, 0.5) is 5.69 Å². The number of benzene rings is 1. The summed E-state index contributed by atoms with van der Waals surface area (Å²) in [4.78, 5) is 49.3. The summed E-state index contributed by atoms with van der Waals surface area (Å²) in [6.45, 7) is 4.55. The van der Waals surface area contributed by atoms with Crippen molar-refractivity contribution in [3.8, 4) is 0 Å². The highest BCUT2D eigenvalue weighted by molar-refractivity contribution is 7.09. The Bertz CT molecular complexity index is 1040. The third-order valence-corrected chi connectivity index (χ3v) is 7.72. The fourth-order valence-electron chi connectivity index (χ4n) is 5.25. The third kappa shape index (κ3) is 3.70. The van der Waals surface area contributed by atoms with E-state index in [1.54, 1.807) is 12.3 Å². The first kappa shape index (κ1) is 21.1. The number of imide groups is 1. The summed E-state index contributed by atoms with van der Waals surface area (Å²) in [5.41, 5.74) is 1.68. The number of carbonyl (C=O) groups is 3. The van der Waals surface area contributed by atoms with Gasteiger partial charge in [-0.25, -0.2) is 4.98 Å². The molecule has 0 radical (unpaired) electrons. The van der Waals surface area contributed by atoms with Crippen LogP contribution in [0, 0.1) is 5.92 Å². The number of hydrogen-bond donors (Lipinski definition) is 0. The molecule has 3 amide bonds. The van der Waals surface area contributed by atoms with Crippen LogP contribution in [0.25, 0.3) is 0 Å². The number of anilines is 1. The lowest BCUT2D eigenvalue weighted by molar-refractivity contribution is -0.139. The van der Waals surface area contributed by atoms with Gasteiger partial charge in [-0.15, -0.1) is 11.3 Å². The van der Waals surface area contributed by atoms with Gasteiger partial charge in [0.1, 0.15) is 5.01 Å². The summed E-state index contributed by atoms with van der Waals surface area (Å²) in [6, 6.07) is 5.77. The van der Waals surface area contributed by atoms with E-state index < -0.39 is 0 Å². The molecule has 3 aliphatic heterocycles. The van der Waals surface area contributed by atoms with Crippen molar-refractivity contribution in [2.75, 3.05) is 24.5 Å². The highest BCUT2D eigenvalue weighted by Crippen LogP contribution is 2.35. The number of thiazole rings is 1. The van der Waals surface area contributed by atoms with E-state index in [4.69, 9.17) is 0 Å². The molecule has 2 saturated heterocycles. The van der Waals surface area contributed by atoms with Gasteiger partial charge >= 0.3 is 0 Å². The summed E-state index contributed by atoms with van der Waals surface area (Å²) < 4.78 is 0. The number of nitrogens with zero attached hydrogens (tertiary/aromatic N) is 4. The maximum Gasteiger partial charge on any atom is 0.264 e. The maximum absolute atomic E-state index is 13.3. The highest BCUT2D eigenvalue weighted by Gasteiger charge is 2.40. The molecule has 1 aromatic carbocycles. The molecule has 2 atom stereocenters. The fraction of sp³-hybridized carbons (Fsp3) is 0.500.